The Balaban J connectivity index is 1.53. The van der Waals surface area contributed by atoms with Crippen molar-refractivity contribution in [3.05, 3.63) is 89.4 Å². The molecule has 1 saturated heterocycles. The molecule has 2 heterocycles. The molecule has 0 radical (unpaired) electrons. The van der Waals surface area contributed by atoms with E-state index < -0.39 is 10.0 Å². The molecule has 0 saturated carbocycles. The van der Waals surface area contributed by atoms with Crippen molar-refractivity contribution in [1.82, 2.24) is 4.98 Å². The van der Waals surface area contributed by atoms with E-state index in [9.17, 15) is 13.2 Å². The molecule has 4 aromatic rings. The maximum atomic E-state index is 13.4. The summed E-state index contributed by atoms with van der Waals surface area (Å²) in [5.41, 5.74) is 3.52. The van der Waals surface area contributed by atoms with Crippen LogP contribution in [0.4, 0.5) is 11.4 Å². The molecule has 0 atom stereocenters. The Hall–Kier alpha value is -3.42. The predicted octanol–water partition coefficient (Wildman–Crippen LogP) is 5.35. The normalized spacial score (nSPS) is 15.0. The Morgan fingerprint density at radius 1 is 0.970 bits per heavy atom. The molecule has 1 amide bonds. The Morgan fingerprint density at radius 3 is 2.55 bits per heavy atom. The van der Waals surface area contributed by atoms with Crippen molar-refractivity contribution < 1.29 is 13.2 Å². The maximum Gasteiger partial charge on any atom is 0.256 e. The number of nitrogens with one attached hydrogen (secondary N) is 1. The van der Waals surface area contributed by atoms with Gasteiger partial charge in [-0.15, -0.1) is 0 Å². The number of hydrogen-bond acceptors (Lipinski definition) is 4. The number of halogens is 1. The molecule has 0 unspecified atom stereocenters. The Kier molecular flexibility index (Phi) is 5.52. The third-order valence-electron chi connectivity index (χ3n) is 5.60. The summed E-state index contributed by atoms with van der Waals surface area (Å²) < 4.78 is 26.0. The van der Waals surface area contributed by atoms with Crippen LogP contribution >= 0.6 is 11.6 Å². The second-order valence-corrected chi connectivity index (χ2v) is 10.2. The standard InChI is InChI=1S/C25H20ClN3O3S/c26-22-11-3-1-10-20(22)24-16-21(19-9-2-4-12-23(19)28-24)25(30)27-17-7-5-8-18(15-17)29-13-6-14-33(29,31)32/h1-5,7-12,15-16H,6,13-14H2,(H,27,30). The SMILES string of the molecule is O=C(Nc1cccc(N2CCCS2(=O)=O)c1)c1cc(-c2ccccc2Cl)nc2ccccc12. The summed E-state index contributed by atoms with van der Waals surface area (Å²) in [7, 11) is -3.31. The van der Waals surface area contributed by atoms with Crippen LogP contribution < -0.4 is 9.62 Å². The van der Waals surface area contributed by atoms with Crippen molar-refractivity contribution >= 4 is 49.8 Å². The van der Waals surface area contributed by atoms with Crippen LogP contribution in [0.5, 0.6) is 0 Å². The highest BCUT2D eigenvalue weighted by Crippen LogP contribution is 2.31. The molecule has 166 valence electrons. The summed E-state index contributed by atoms with van der Waals surface area (Å²) >= 11 is 6.38. The number of amides is 1. The van der Waals surface area contributed by atoms with Crippen LogP contribution in [0, 0.1) is 0 Å². The van der Waals surface area contributed by atoms with Crippen molar-refractivity contribution in [1.29, 1.82) is 0 Å². The molecule has 8 heteroatoms. The second kappa shape index (κ2) is 8.50. The summed E-state index contributed by atoms with van der Waals surface area (Å²) in [6.07, 6.45) is 0.590. The van der Waals surface area contributed by atoms with Gasteiger partial charge in [0.05, 0.1) is 28.2 Å². The number of rotatable bonds is 4. The van der Waals surface area contributed by atoms with Gasteiger partial charge in [0, 0.05) is 28.2 Å². The minimum Gasteiger partial charge on any atom is -0.322 e. The van der Waals surface area contributed by atoms with Crippen molar-refractivity contribution in [3.8, 4) is 11.3 Å². The molecule has 0 aliphatic carbocycles. The Labute approximate surface area is 196 Å². The monoisotopic (exact) mass is 477 g/mol. The van der Waals surface area contributed by atoms with Crippen molar-refractivity contribution in [2.24, 2.45) is 0 Å². The molecule has 1 aliphatic rings. The van der Waals surface area contributed by atoms with Gasteiger partial charge in [-0.25, -0.2) is 13.4 Å². The largest absolute Gasteiger partial charge is 0.322 e. The number of pyridine rings is 1. The summed E-state index contributed by atoms with van der Waals surface area (Å²) in [4.78, 5) is 18.1. The first-order chi connectivity index (χ1) is 15.9. The topological polar surface area (TPSA) is 79.4 Å². The van der Waals surface area contributed by atoms with E-state index in [2.05, 4.69) is 5.32 Å². The second-order valence-electron chi connectivity index (χ2n) is 7.80. The zero-order valence-corrected chi connectivity index (χ0v) is 19.1. The van der Waals surface area contributed by atoms with Gasteiger partial charge in [-0.1, -0.05) is 54.1 Å². The van der Waals surface area contributed by atoms with E-state index in [0.717, 1.165) is 5.56 Å². The summed E-state index contributed by atoms with van der Waals surface area (Å²) in [5, 5.41) is 4.17. The number of para-hydroxylation sites is 1. The van der Waals surface area contributed by atoms with Gasteiger partial charge in [0.15, 0.2) is 0 Å². The van der Waals surface area contributed by atoms with Crippen LogP contribution in [0.2, 0.25) is 5.02 Å². The lowest BCUT2D eigenvalue weighted by atomic mass is 10.0. The molecule has 6 nitrogen and oxygen atoms in total. The highest BCUT2D eigenvalue weighted by Gasteiger charge is 2.28. The quantitative estimate of drug-likeness (QED) is 0.430. The Bertz CT molecular complexity index is 1490. The zero-order valence-electron chi connectivity index (χ0n) is 17.5. The number of carbonyl (C=O) groups is 1. The molecule has 1 aromatic heterocycles. The number of benzene rings is 3. The molecule has 5 rings (SSSR count). The zero-order chi connectivity index (χ0) is 23.0. The van der Waals surface area contributed by atoms with Gasteiger partial charge in [0.1, 0.15) is 0 Å². The van der Waals surface area contributed by atoms with E-state index in [0.29, 0.717) is 51.5 Å². The average Bonchev–Trinajstić information content (AvgIpc) is 3.17. The van der Waals surface area contributed by atoms with E-state index in [4.69, 9.17) is 16.6 Å². The van der Waals surface area contributed by atoms with Crippen LogP contribution in [-0.4, -0.2) is 31.6 Å². The third kappa shape index (κ3) is 4.17. The average molecular weight is 478 g/mol. The van der Waals surface area contributed by atoms with Crippen LogP contribution in [0.3, 0.4) is 0 Å². The maximum absolute atomic E-state index is 13.4. The number of carbonyl (C=O) groups excluding carboxylic acids is 1. The van der Waals surface area contributed by atoms with Crippen LogP contribution in [0.15, 0.2) is 78.9 Å². The van der Waals surface area contributed by atoms with Gasteiger partial charge in [0.25, 0.3) is 5.91 Å². The van der Waals surface area contributed by atoms with E-state index in [1.165, 1.54) is 4.31 Å². The minimum atomic E-state index is -3.31. The molecule has 1 N–H and O–H groups in total. The summed E-state index contributed by atoms with van der Waals surface area (Å²) in [5.74, 6) is -0.180. The van der Waals surface area contributed by atoms with Gasteiger partial charge in [-0.3, -0.25) is 9.10 Å². The van der Waals surface area contributed by atoms with Gasteiger partial charge >= 0.3 is 0 Å². The number of nitrogens with zero attached hydrogens (tertiary/aromatic N) is 2. The van der Waals surface area contributed by atoms with Crippen molar-refractivity contribution in [3.63, 3.8) is 0 Å². The summed E-state index contributed by atoms with van der Waals surface area (Å²) in [6.45, 7) is 0.440. The van der Waals surface area contributed by atoms with E-state index in [1.54, 1.807) is 36.4 Å². The fourth-order valence-corrected chi connectivity index (χ4v) is 5.83. The van der Waals surface area contributed by atoms with Crippen molar-refractivity contribution in [2.75, 3.05) is 21.9 Å². The first kappa shape index (κ1) is 21.4. The highest BCUT2D eigenvalue weighted by atomic mass is 35.5. The lowest BCUT2D eigenvalue weighted by Crippen LogP contribution is -2.25. The third-order valence-corrected chi connectivity index (χ3v) is 7.80. The van der Waals surface area contributed by atoms with E-state index in [-0.39, 0.29) is 11.7 Å². The van der Waals surface area contributed by atoms with Crippen LogP contribution in [0.25, 0.3) is 22.2 Å². The smallest absolute Gasteiger partial charge is 0.256 e. The number of anilines is 2. The lowest BCUT2D eigenvalue weighted by Gasteiger charge is -2.18. The van der Waals surface area contributed by atoms with E-state index in [1.807, 2.05) is 42.5 Å². The van der Waals surface area contributed by atoms with Gasteiger partial charge in [-0.2, -0.15) is 0 Å². The minimum absolute atomic E-state index is 0.136. The van der Waals surface area contributed by atoms with E-state index >= 15 is 0 Å². The van der Waals surface area contributed by atoms with Gasteiger partial charge in [-0.05, 0) is 42.8 Å². The number of sulfonamides is 1. The summed E-state index contributed by atoms with van der Waals surface area (Å²) in [6, 6.07) is 23.4. The lowest BCUT2D eigenvalue weighted by molar-refractivity contribution is 0.102. The predicted molar refractivity (Wildman–Crippen MR) is 132 cm³/mol. The molecule has 0 bridgehead atoms. The van der Waals surface area contributed by atoms with Gasteiger partial charge < -0.3 is 5.32 Å². The molecule has 33 heavy (non-hydrogen) atoms. The fourth-order valence-electron chi connectivity index (χ4n) is 4.04. The fraction of sp³-hybridized carbons (Fsp3) is 0.120. The van der Waals surface area contributed by atoms with Gasteiger partial charge in [0.2, 0.25) is 10.0 Å². The van der Waals surface area contributed by atoms with Crippen LogP contribution in [0.1, 0.15) is 16.8 Å². The molecule has 3 aromatic carbocycles. The Morgan fingerprint density at radius 2 is 1.76 bits per heavy atom. The first-order valence-electron chi connectivity index (χ1n) is 10.5. The number of fused-ring (bicyclic) bond motifs is 1. The number of hydrogen-bond donors (Lipinski definition) is 1. The first-order valence-corrected chi connectivity index (χ1v) is 12.5. The van der Waals surface area contributed by atoms with Crippen molar-refractivity contribution in [2.45, 2.75) is 6.42 Å². The molecule has 1 fully saturated rings. The number of aromatic nitrogens is 1. The van der Waals surface area contributed by atoms with Crippen LogP contribution in [-0.2, 0) is 10.0 Å². The molecule has 0 spiro atoms. The molecular formula is C25H20ClN3O3S. The highest BCUT2D eigenvalue weighted by molar-refractivity contribution is 7.93. The molecular weight excluding hydrogens is 458 g/mol. The molecule has 1 aliphatic heterocycles.